The standard InChI is InChI=1S/C56H90N4O17/c1-14-42-56(9,69)50(64)34(6)59(12)28-30(2)27-55(8,68)51(77-54-47(63)39(58(10)11)23-31(3)72-54)32(4)48(33(5)53(67)74-42)76-44-26-41(70-13)49(35(7)73-44)75-43(61)18-20-57-19-15-17-36-24-37-45-40(25-36)71-22-16-21-60(45)29-38(46(37)62)52(65)66/h24-25,29-35,39,41-42,44,47-51,54,57,63-64,68-69H,14-23,26-28H2,1-13H3,(H,65,66)/t30-,31-,32+,33-,34-,35+,39+,41-,42-,44+,47-,48+,49+,50-,51-,54+,55-,56-/m1/s1. The van der Waals surface area contributed by atoms with Gasteiger partial charge in [-0.1, -0.05) is 20.8 Å². The molecule has 1 aromatic carbocycles. The minimum absolute atomic E-state index is 0.0372. The second kappa shape index (κ2) is 26.6. The predicted molar refractivity (Wildman–Crippen MR) is 285 cm³/mol. The Labute approximate surface area is 453 Å². The summed E-state index contributed by atoms with van der Waals surface area (Å²) in [5, 5.41) is 61.3. The van der Waals surface area contributed by atoms with Gasteiger partial charge >= 0.3 is 17.9 Å². The van der Waals surface area contributed by atoms with Gasteiger partial charge in [0.15, 0.2) is 18.7 Å². The van der Waals surface area contributed by atoms with E-state index in [4.69, 9.17) is 37.9 Å². The predicted octanol–water partition coefficient (Wildman–Crippen LogP) is 3.47. The molecule has 4 aliphatic heterocycles. The molecule has 3 saturated heterocycles. The lowest BCUT2D eigenvalue weighted by Crippen LogP contribution is -2.60. The van der Waals surface area contributed by atoms with Gasteiger partial charge in [-0.15, -0.1) is 0 Å². The van der Waals surface area contributed by atoms with Crippen molar-refractivity contribution >= 4 is 28.8 Å². The van der Waals surface area contributed by atoms with E-state index >= 15 is 0 Å². The molecule has 21 nitrogen and oxygen atoms in total. The van der Waals surface area contributed by atoms with Crippen molar-refractivity contribution in [2.45, 2.75) is 211 Å². The van der Waals surface area contributed by atoms with Gasteiger partial charge in [0.25, 0.3) is 0 Å². The average Bonchev–Trinajstić information content (AvgIpc) is 3.58. The molecule has 77 heavy (non-hydrogen) atoms. The maximum atomic E-state index is 14.5. The van der Waals surface area contributed by atoms with Crippen LogP contribution in [0.4, 0.5) is 0 Å². The lowest BCUT2D eigenvalue weighted by atomic mass is 9.77. The first-order valence-corrected chi connectivity index (χ1v) is 27.7. The van der Waals surface area contributed by atoms with Crippen LogP contribution in [0.2, 0.25) is 0 Å². The maximum Gasteiger partial charge on any atom is 0.341 e. The number of methoxy groups -OCH3 is 1. The van der Waals surface area contributed by atoms with Gasteiger partial charge in [0.2, 0.25) is 5.43 Å². The van der Waals surface area contributed by atoms with Gasteiger partial charge in [0.1, 0.15) is 41.3 Å². The monoisotopic (exact) mass is 1090 g/mol. The number of aliphatic hydroxyl groups excluding tert-OH is 2. The first kappa shape index (κ1) is 62.4. The van der Waals surface area contributed by atoms with Gasteiger partial charge in [-0.25, -0.2) is 4.79 Å². The first-order chi connectivity index (χ1) is 36.2. The number of likely N-dealkylation sites (N-methyl/N-ethyl adjacent to an activating group) is 2. The number of carboxylic acid groups (broad SMARTS) is 1. The molecule has 21 heteroatoms. The summed E-state index contributed by atoms with van der Waals surface area (Å²) in [7, 11) is 7.06. The van der Waals surface area contributed by atoms with Crippen LogP contribution in [0.5, 0.6) is 5.75 Å². The average molecular weight is 1090 g/mol. The molecule has 0 spiro atoms. The van der Waals surface area contributed by atoms with Gasteiger partial charge < -0.3 is 83.1 Å². The van der Waals surface area contributed by atoms with Crippen LogP contribution in [-0.4, -0.2) is 203 Å². The Morgan fingerprint density at radius 2 is 1.69 bits per heavy atom. The number of aliphatic hydroxyl groups is 4. The van der Waals surface area contributed by atoms with E-state index < -0.39 is 114 Å². The van der Waals surface area contributed by atoms with Crippen molar-refractivity contribution in [3.63, 3.8) is 0 Å². The fraction of sp³-hybridized carbons (Fsp3) is 0.786. The molecule has 436 valence electrons. The van der Waals surface area contributed by atoms with Gasteiger partial charge in [0, 0.05) is 57.4 Å². The van der Waals surface area contributed by atoms with Crippen molar-refractivity contribution in [3.8, 4) is 5.75 Å². The highest BCUT2D eigenvalue weighted by atomic mass is 16.7. The third-order valence-electron chi connectivity index (χ3n) is 16.5. The molecular formula is C56H90N4O17. The quantitative estimate of drug-likeness (QED) is 0.104. The number of hydrogen-bond acceptors (Lipinski definition) is 19. The smallest absolute Gasteiger partial charge is 0.341 e. The Morgan fingerprint density at radius 3 is 2.35 bits per heavy atom. The number of pyridine rings is 1. The molecule has 0 radical (unpaired) electrons. The fourth-order valence-corrected chi connectivity index (χ4v) is 12.1. The number of hydrogen-bond donors (Lipinski definition) is 6. The summed E-state index contributed by atoms with van der Waals surface area (Å²) in [6.45, 7) is 17.9. The maximum absolute atomic E-state index is 14.5. The van der Waals surface area contributed by atoms with E-state index in [2.05, 4.69) is 5.32 Å². The zero-order valence-electron chi connectivity index (χ0n) is 47.6. The van der Waals surface area contributed by atoms with E-state index in [9.17, 15) is 44.7 Å². The summed E-state index contributed by atoms with van der Waals surface area (Å²) in [5.41, 5.74) is -2.90. The Bertz CT molecular complexity index is 2360. The van der Waals surface area contributed by atoms with Gasteiger partial charge in [-0.3, -0.25) is 14.4 Å². The molecule has 18 atom stereocenters. The van der Waals surface area contributed by atoms with Crippen LogP contribution < -0.4 is 15.5 Å². The minimum atomic E-state index is -1.86. The van der Waals surface area contributed by atoms with Crippen molar-refractivity contribution in [2.75, 3.05) is 54.5 Å². The van der Waals surface area contributed by atoms with Crippen molar-refractivity contribution in [1.29, 1.82) is 0 Å². The molecule has 0 amide bonds. The van der Waals surface area contributed by atoms with Crippen LogP contribution in [0.15, 0.2) is 23.1 Å². The minimum Gasteiger partial charge on any atom is -0.491 e. The van der Waals surface area contributed by atoms with Gasteiger partial charge in [-0.05, 0) is 131 Å². The Hall–Kier alpha value is -3.84. The van der Waals surface area contributed by atoms with Gasteiger partial charge in [0.05, 0.1) is 59.9 Å². The van der Waals surface area contributed by atoms with E-state index in [1.165, 1.54) is 20.2 Å². The molecule has 0 unspecified atom stereocenters. The summed E-state index contributed by atoms with van der Waals surface area (Å²) in [5.74, 6) is -4.06. The molecule has 6 N–H and O–H groups in total. The van der Waals surface area contributed by atoms with Crippen molar-refractivity contribution in [2.24, 2.45) is 17.8 Å². The Kier molecular flexibility index (Phi) is 21.6. The molecule has 6 rings (SSSR count). The number of rotatable bonds is 16. The number of carbonyl (C=O) groups is 3. The largest absolute Gasteiger partial charge is 0.491 e. The van der Waals surface area contributed by atoms with Crippen LogP contribution in [0, 0.1) is 17.8 Å². The third-order valence-corrected chi connectivity index (χ3v) is 16.5. The number of nitrogens with one attached hydrogen (secondary N) is 1. The van der Waals surface area contributed by atoms with E-state index in [-0.39, 0.29) is 49.3 Å². The fourth-order valence-electron chi connectivity index (χ4n) is 12.1. The van der Waals surface area contributed by atoms with Crippen molar-refractivity contribution < 1.29 is 77.8 Å². The van der Waals surface area contributed by atoms with Crippen molar-refractivity contribution in [3.05, 3.63) is 39.7 Å². The van der Waals surface area contributed by atoms with Crippen LogP contribution in [-0.2, 0) is 55.7 Å². The summed E-state index contributed by atoms with van der Waals surface area (Å²) < 4.78 is 52.2. The first-order valence-electron chi connectivity index (χ1n) is 27.7. The molecule has 2 aromatic rings. The van der Waals surface area contributed by atoms with E-state index in [1.807, 2.05) is 50.9 Å². The highest BCUT2D eigenvalue weighted by Crippen LogP contribution is 2.39. The zero-order chi connectivity index (χ0) is 56.8. The second-order valence-electron chi connectivity index (χ2n) is 23.1. The zero-order valence-corrected chi connectivity index (χ0v) is 47.6. The summed E-state index contributed by atoms with van der Waals surface area (Å²) in [6, 6.07) is 2.73. The Balaban J connectivity index is 1.16. The molecule has 4 aliphatic rings. The third kappa shape index (κ3) is 14.8. The number of carboxylic acids is 1. The highest BCUT2D eigenvalue weighted by Gasteiger charge is 2.52. The molecule has 0 bridgehead atoms. The highest BCUT2D eigenvalue weighted by molar-refractivity contribution is 5.94. The van der Waals surface area contributed by atoms with Crippen LogP contribution in [0.1, 0.15) is 123 Å². The number of aromatic carboxylic acids is 1. The SMILES string of the molecule is CC[C@H]1OC(=O)[C@H](C)[C@@H](O[C@H]2C[C@@H](OC)[C@@H](OC(=O)CCNCCCc3cc4c5c(c3)c(=O)c(C(=O)O)cn5CCCO4)[C@H](C)O2)[C@H](C)[C@@H](O[C@@H]2O[C@H](C)C[C@H](N(C)C)[C@H]2O)[C@](C)(O)C[C@@H](C)CN(C)[C@H](C)[C@@H](O)[C@]1(C)O. The number of carbonyl (C=O) groups excluding carboxylic acids is 2. The number of cyclic esters (lactones) is 1. The number of nitrogens with zero attached hydrogens (tertiary/aromatic N) is 3. The van der Waals surface area contributed by atoms with Gasteiger partial charge in [-0.2, -0.15) is 0 Å². The summed E-state index contributed by atoms with van der Waals surface area (Å²) in [6.07, 6.45) is -6.29. The lowest BCUT2D eigenvalue weighted by molar-refractivity contribution is -0.312. The number of benzene rings is 1. The van der Waals surface area contributed by atoms with E-state index in [0.29, 0.717) is 75.1 Å². The number of esters is 2. The molecule has 5 heterocycles. The lowest BCUT2D eigenvalue weighted by Gasteiger charge is -2.48. The molecule has 0 aliphatic carbocycles. The van der Waals surface area contributed by atoms with Crippen LogP contribution in [0.3, 0.4) is 0 Å². The molecule has 0 saturated carbocycles. The second-order valence-corrected chi connectivity index (χ2v) is 23.1. The van der Waals surface area contributed by atoms with Crippen LogP contribution in [0.25, 0.3) is 10.9 Å². The number of aryl methyl sites for hydroxylation is 2. The summed E-state index contributed by atoms with van der Waals surface area (Å²) in [4.78, 5) is 56.8. The number of aromatic nitrogens is 1. The number of ether oxygens (including phenoxy) is 8. The summed E-state index contributed by atoms with van der Waals surface area (Å²) >= 11 is 0. The Morgan fingerprint density at radius 1 is 0.974 bits per heavy atom. The van der Waals surface area contributed by atoms with Crippen LogP contribution >= 0.6 is 0 Å². The van der Waals surface area contributed by atoms with E-state index in [0.717, 1.165) is 5.56 Å². The normalized spacial score (nSPS) is 37.0. The van der Waals surface area contributed by atoms with Crippen molar-refractivity contribution in [1.82, 2.24) is 19.7 Å². The molecule has 3 fully saturated rings. The molecular weight excluding hydrogens is 1000 g/mol. The topological polar surface area (TPSA) is 267 Å². The van der Waals surface area contributed by atoms with E-state index in [1.54, 1.807) is 52.2 Å². The molecule has 1 aromatic heterocycles.